The predicted octanol–water partition coefficient (Wildman–Crippen LogP) is 2.75. The lowest BCUT2D eigenvalue weighted by Crippen LogP contribution is -2.26. The molecule has 1 atom stereocenters. The van der Waals surface area contributed by atoms with Gasteiger partial charge < -0.3 is 15.5 Å². The Labute approximate surface area is 121 Å². The minimum atomic E-state index is -1.05. The summed E-state index contributed by atoms with van der Waals surface area (Å²) in [6.45, 7) is 6.39. The summed E-state index contributed by atoms with van der Waals surface area (Å²) in [5.41, 5.74) is 0.0986. The third-order valence-electron chi connectivity index (χ3n) is 2.44. The summed E-state index contributed by atoms with van der Waals surface area (Å²) in [6.07, 6.45) is 1.59. The zero-order valence-corrected chi connectivity index (χ0v) is 12.9. The molecular weight excluding hydrogens is 312 g/mol. The molecule has 5 nitrogen and oxygen atoms in total. The van der Waals surface area contributed by atoms with Crippen molar-refractivity contribution in [2.45, 2.75) is 33.3 Å². The number of aliphatic hydroxyl groups excluding tert-OH is 1. The highest BCUT2D eigenvalue weighted by Crippen LogP contribution is 2.22. The van der Waals surface area contributed by atoms with E-state index >= 15 is 0 Å². The van der Waals surface area contributed by atoms with Crippen LogP contribution in [0.4, 0.5) is 5.82 Å². The number of halogens is 1. The van der Waals surface area contributed by atoms with E-state index < -0.39 is 12.1 Å². The molecule has 0 aliphatic heterocycles. The summed E-state index contributed by atoms with van der Waals surface area (Å²) in [7, 11) is 0. The van der Waals surface area contributed by atoms with Crippen molar-refractivity contribution in [1.82, 2.24) is 4.98 Å². The fraction of sp³-hybridized carbons (Fsp3) is 0.538. The number of hydrogen-bond donors (Lipinski definition) is 3. The van der Waals surface area contributed by atoms with Gasteiger partial charge in [0.2, 0.25) is 0 Å². The van der Waals surface area contributed by atoms with Crippen molar-refractivity contribution < 1.29 is 15.0 Å². The Morgan fingerprint density at radius 1 is 1.53 bits per heavy atom. The maximum absolute atomic E-state index is 11.1. The zero-order valence-electron chi connectivity index (χ0n) is 11.3. The summed E-state index contributed by atoms with van der Waals surface area (Å²) >= 11 is 3.18. The molecule has 0 aliphatic carbocycles. The second-order valence-corrected chi connectivity index (χ2v) is 6.57. The number of hydrogen-bond acceptors (Lipinski definition) is 4. The molecule has 0 aliphatic rings. The van der Waals surface area contributed by atoms with E-state index in [0.717, 1.165) is 0 Å². The average molecular weight is 331 g/mol. The smallest absolute Gasteiger partial charge is 0.339 e. The first-order valence-corrected chi connectivity index (χ1v) is 6.79. The standard InChI is InChI=1S/C13H19BrN2O3/c1-13(2,3)5-9(17)7-16-11-10(12(18)19)4-8(14)6-15-11/h4,6,9,17H,5,7H2,1-3H3,(H,15,16)(H,18,19). The fourth-order valence-corrected chi connectivity index (χ4v) is 2.07. The highest BCUT2D eigenvalue weighted by molar-refractivity contribution is 9.10. The van der Waals surface area contributed by atoms with E-state index in [4.69, 9.17) is 5.11 Å². The van der Waals surface area contributed by atoms with Crippen LogP contribution in [0.5, 0.6) is 0 Å². The van der Waals surface area contributed by atoms with Crippen LogP contribution in [-0.4, -0.2) is 33.8 Å². The first kappa shape index (κ1) is 15.9. The number of aromatic carboxylic acids is 1. The van der Waals surface area contributed by atoms with Crippen molar-refractivity contribution in [3.05, 3.63) is 22.3 Å². The molecular formula is C13H19BrN2O3. The van der Waals surface area contributed by atoms with Gasteiger partial charge in [-0.1, -0.05) is 20.8 Å². The average Bonchev–Trinajstić information content (AvgIpc) is 2.24. The monoisotopic (exact) mass is 330 g/mol. The molecule has 0 fully saturated rings. The minimum absolute atomic E-state index is 0.0177. The lowest BCUT2D eigenvalue weighted by atomic mass is 9.89. The van der Waals surface area contributed by atoms with Gasteiger partial charge in [-0.15, -0.1) is 0 Å². The number of nitrogens with zero attached hydrogens (tertiary/aromatic N) is 1. The number of nitrogens with one attached hydrogen (secondary N) is 1. The highest BCUT2D eigenvalue weighted by atomic mass is 79.9. The molecule has 0 saturated carbocycles. The van der Waals surface area contributed by atoms with Gasteiger partial charge in [-0.05, 0) is 33.8 Å². The van der Waals surface area contributed by atoms with Crippen LogP contribution in [0.25, 0.3) is 0 Å². The van der Waals surface area contributed by atoms with Crippen LogP contribution in [0.2, 0.25) is 0 Å². The maximum atomic E-state index is 11.1. The van der Waals surface area contributed by atoms with E-state index in [-0.39, 0.29) is 23.3 Å². The largest absolute Gasteiger partial charge is 0.478 e. The number of aliphatic hydroxyl groups is 1. The molecule has 1 rings (SSSR count). The van der Waals surface area contributed by atoms with E-state index in [9.17, 15) is 9.90 Å². The van der Waals surface area contributed by atoms with Crippen LogP contribution >= 0.6 is 15.9 Å². The molecule has 1 heterocycles. The Balaban J connectivity index is 2.70. The van der Waals surface area contributed by atoms with Crippen LogP contribution in [0.1, 0.15) is 37.6 Å². The second kappa shape index (κ2) is 6.34. The lowest BCUT2D eigenvalue weighted by molar-refractivity contribution is 0.0697. The van der Waals surface area contributed by atoms with Crippen molar-refractivity contribution in [1.29, 1.82) is 0 Å². The van der Waals surface area contributed by atoms with Crippen molar-refractivity contribution in [3.8, 4) is 0 Å². The molecule has 106 valence electrons. The van der Waals surface area contributed by atoms with Crippen LogP contribution in [0.15, 0.2) is 16.7 Å². The quantitative estimate of drug-likeness (QED) is 0.773. The van der Waals surface area contributed by atoms with Crippen LogP contribution in [-0.2, 0) is 0 Å². The summed E-state index contributed by atoms with van der Waals surface area (Å²) in [5.74, 6) is -0.787. The van der Waals surface area contributed by atoms with E-state index in [1.54, 1.807) is 0 Å². The first-order valence-electron chi connectivity index (χ1n) is 6.00. The van der Waals surface area contributed by atoms with Gasteiger partial charge in [-0.25, -0.2) is 9.78 Å². The van der Waals surface area contributed by atoms with E-state index in [1.165, 1.54) is 12.3 Å². The SMILES string of the molecule is CC(C)(C)CC(O)CNc1ncc(Br)cc1C(=O)O. The van der Waals surface area contributed by atoms with Crippen molar-refractivity contribution in [3.63, 3.8) is 0 Å². The van der Waals surface area contributed by atoms with E-state index in [0.29, 0.717) is 10.9 Å². The lowest BCUT2D eigenvalue weighted by Gasteiger charge is -2.22. The van der Waals surface area contributed by atoms with Gasteiger partial charge in [0.1, 0.15) is 11.4 Å². The molecule has 1 aromatic rings. The molecule has 19 heavy (non-hydrogen) atoms. The molecule has 0 saturated heterocycles. The van der Waals surface area contributed by atoms with Gasteiger partial charge in [0.25, 0.3) is 0 Å². The molecule has 0 spiro atoms. The van der Waals surface area contributed by atoms with Gasteiger partial charge in [0.05, 0.1) is 6.10 Å². The maximum Gasteiger partial charge on any atom is 0.339 e. The highest BCUT2D eigenvalue weighted by Gasteiger charge is 2.18. The van der Waals surface area contributed by atoms with Crippen molar-refractivity contribution in [2.24, 2.45) is 5.41 Å². The second-order valence-electron chi connectivity index (χ2n) is 5.65. The van der Waals surface area contributed by atoms with E-state index in [2.05, 4.69) is 26.2 Å². The van der Waals surface area contributed by atoms with Gasteiger partial charge in [-0.2, -0.15) is 0 Å². The number of aromatic nitrogens is 1. The molecule has 0 bridgehead atoms. The van der Waals surface area contributed by atoms with Gasteiger partial charge in [-0.3, -0.25) is 0 Å². The third kappa shape index (κ3) is 5.57. The van der Waals surface area contributed by atoms with Crippen LogP contribution < -0.4 is 5.32 Å². The molecule has 1 aromatic heterocycles. The fourth-order valence-electron chi connectivity index (χ4n) is 1.74. The van der Waals surface area contributed by atoms with Gasteiger partial charge in [0, 0.05) is 17.2 Å². The first-order chi connectivity index (χ1) is 8.69. The van der Waals surface area contributed by atoms with Gasteiger partial charge in [0.15, 0.2) is 0 Å². The van der Waals surface area contributed by atoms with Crippen molar-refractivity contribution in [2.75, 3.05) is 11.9 Å². The number of pyridine rings is 1. The normalized spacial score (nSPS) is 13.1. The Kier molecular flexibility index (Phi) is 5.31. The Morgan fingerprint density at radius 3 is 2.68 bits per heavy atom. The number of carboxylic acid groups (broad SMARTS) is 1. The molecule has 0 radical (unpaired) electrons. The summed E-state index contributed by atoms with van der Waals surface area (Å²) in [4.78, 5) is 15.1. The molecule has 6 heteroatoms. The number of rotatable bonds is 5. The Hall–Kier alpha value is -1.14. The zero-order chi connectivity index (χ0) is 14.6. The topological polar surface area (TPSA) is 82.5 Å². The molecule has 0 aromatic carbocycles. The van der Waals surface area contributed by atoms with Crippen LogP contribution in [0, 0.1) is 5.41 Å². The number of carboxylic acids is 1. The Morgan fingerprint density at radius 2 is 2.16 bits per heavy atom. The van der Waals surface area contributed by atoms with Crippen molar-refractivity contribution >= 4 is 27.7 Å². The van der Waals surface area contributed by atoms with Crippen LogP contribution in [0.3, 0.4) is 0 Å². The molecule has 1 unspecified atom stereocenters. The van der Waals surface area contributed by atoms with E-state index in [1.807, 2.05) is 20.8 Å². The van der Waals surface area contributed by atoms with Gasteiger partial charge >= 0.3 is 5.97 Å². The molecule has 0 amide bonds. The minimum Gasteiger partial charge on any atom is -0.478 e. The third-order valence-corrected chi connectivity index (χ3v) is 2.87. The summed E-state index contributed by atoms with van der Waals surface area (Å²) in [6, 6.07) is 1.48. The predicted molar refractivity (Wildman–Crippen MR) is 77.5 cm³/mol. The Bertz CT molecular complexity index is 458. The number of anilines is 1. The summed E-state index contributed by atoms with van der Waals surface area (Å²) in [5, 5.41) is 21.8. The number of carbonyl (C=O) groups is 1. The molecule has 3 N–H and O–H groups in total. The summed E-state index contributed by atoms with van der Waals surface area (Å²) < 4.78 is 0.602.